The van der Waals surface area contributed by atoms with E-state index in [9.17, 15) is 0 Å². The molecular formula is C27H28N6O3. The average molecular weight is 485 g/mol. The van der Waals surface area contributed by atoms with Crippen molar-refractivity contribution in [3.63, 3.8) is 0 Å². The first-order chi connectivity index (χ1) is 17.6. The first-order valence-electron chi connectivity index (χ1n) is 11.8. The van der Waals surface area contributed by atoms with Gasteiger partial charge in [-0.1, -0.05) is 35.0 Å². The third kappa shape index (κ3) is 5.80. The summed E-state index contributed by atoms with van der Waals surface area (Å²) in [7, 11) is 3.99. The molecule has 184 valence electrons. The number of hydrogen-bond donors (Lipinski definition) is 1. The highest BCUT2D eigenvalue weighted by molar-refractivity contribution is 5.81. The largest absolute Gasteiger partial charge is 0.488 e. The van der Waals surface area contributed by atoms with E-state index in [1.807, 2.05) is 55.5 Å². The Labute approximate surface area is 209 Å². The van der Waals surface area contributed by atoms with Crippen LogP contribution in [0.25, 0.3) is 11.5 Å². The molecule has 1 aliphatic heterocycles. The van der Waals surface area contributed by atoms with Crippen LogP contribution in [0.3, 0.4) is 0 Å². The van der Waals surface area contributed by atoms with Crippen molar-refractivity contribution in [2.75, 3.05) is 30.9 Å². The van der Waals surface area contributed by atoms with E-state index in [-0.39, 0.29) is 12.6 Å². The van der Waals surface area contributed by atoms with Crippen LogP contribution in [0, 0.1) is 0 Å². The second-order valence-corrected chi connectivity index (χ2v) is 8.70. The van der Waals surface area contributed by atoms with Crippen molar-refractivity contribution >= 4 is 23.3 Å². The zero-order valence-corrected chi connectivity index (χ0v) is 20.3. The standard InChI is InChI=1S/C27H28N6O3/c1-33(2)21-10-11-23(24(14-21)29-16-20-9-6-12-28-15-20)26-31-32-27(36-26)30-25-18-34-17-22(35-25)13-19-7-4-3-5-8-19/h3-4,6-7,9-12,14-15,17,29H,5,8,13,16,18H2,1-2H3. The fraction of sp³-hybridized carbons (Fsp3) is 0.259. The third-order valence-corrected chi connectivity index (χ3v) is 5.76. The molecule has 9 nitrogen and oxygen atoms in total. The molecule has 0 bridgehead atoms. The summed E-state index contributed by atoms with van der Waals surface area (Å²) >= 11 is 0. The minimum atomic E-state index is 0.111. The van der Waals surface area contributed by atoms with E-state index in [2.05, 4.69) is 43.7 Å². The van der Waals surface area contributed by atoms with Gasteiger partial charge < -0.3 is 24.1 Å². The molecule has 0 saturated heterocycles. The minimum Gasteiger partial charge on any atom is -0.488 e. The van der Waals surface area contributed by atoms with Crippen molar-refractivity contribution in [2.24, 2.45) is 4.99 Å². The van der Waals surface area contributed by atoms with E-state index in [4.69, 9.17) is 13.9 Å². The number of aromatic nitrogens is 3. The summed E-state index contributed by atoms with van der Waals surface area (Å²) in [5.41, 5.74) is 5.05. The van der Waals surface area contributed by atoms with Gasteiger partial charge in [0.25, 0.3) is 5.89 Å². The number of rotatable bonds is 8. The van der Waals surface area contributed by atoms with Crippen molar-refractivity contribution in [1.82, 2.24) is 15.2 Å². The Balaban J connectivity index is 1.33. The Hall–Kier alpha value is -4.40. The lowest BCUT2D eigenvalue weighted by Crippen LogP contribution is -2.16. The summed E-state index contributed by atoms with van der Waals surface area (Å²) in [4.78, 5) is 10.6. The van der Waals surface area contributed by atoms with E-state index < -0.39 is 0 Å². The van der Waals surface area contributed by atoms with Crippen molar-refractivity contribution in [2.45, 2.75) is 25.8 Å². The van der Waals surface area contributed by atoms with E-state index in [0.29, 0.717) is 30.5 Å². The molecule has 1 aromatic carbocycles. The number of ether oxygens (including phenoxy) is 2. The van der Waals surface area contributed by atoms with E-state index in [0.717, 1.165) is 35.3 Å². The molecule has 9 heteroatoms. The molecule has 0 radical (unpaired) electrons. The molecule has 3 heterocycles. The smallest absolute Gasteiger partial charge is 0.345 e. The fourth-order valence-electron chi connectivity index (χ4n) is 3.89. The lowest BCUT2D eigenvalue weighted by atomic mass is 10.0. The van der Waals surface area contributed by atoms with Crippen LogP contribution in [0.1, 0.15) is 24.8 Å². The van der Waals surface area contributed by atoms with Gasteiger partial charge in [-0.2, -0.15) is 4.99 Å². The molecule has 2 aromatic heterocycles. The number of pyridine rings is 1. The number of allylic oxidation sites excluding steroid dienone is 4. The van der Waals surface area contributed by atoms with Crippen LogP contribution in [0.4, 0.5) is 17.4 Å². The maximum atomic E-state index is 5.93. The Morgan fingerprint density at radius 1 is 1.17 bits per heavy atom. The maximum absolute atomic E-state index is 5.93. The summed E-state index contributed by atoms with van der Waals surface area (Å²) < 4.78 is 17.4. The number of anilines is 2. The molecule has 5 rings (SSSR count). The molecule has 1 N–H and O–H groups in total. The number of nitrogens with one attached hydrogen (secondary N) is 1. The normalized spacial score (nSPS) is 16.1. The van der Waals surface area contributed by atoms with Crippen LogP contribution >= 0.6 is 0 Å². The van der Waals surface area contributed by atoms with Gasteiger partial charge >= 0.3 is 6.01 Å². The molecule has 0 spiro atoms. The fourth-order valence-corrected chi connectivity index (χ4v) is 3.89. The highest BCUT2D eigenvalue weighted by Crippen LogP contribution is 2.32. The Bertz CT molecular complexity index is 1320. The first-order valence-corrected chi connectivity index (χ1v) is 11.8. The molecule has 3 aromatic rings. The summed E-state index contributed by atoms with van der Waals surface area (Å²) in [6.07, 6.45) is 14.3. The monoisotopic (exact) mass is 484 g/mol. The van der Waals surface area contributed by atoms with Crippen LogP contribution in [0.2, 0.25) is 0 Å². The van der Waals surface area contributed by atoms with Gasteiger partial charge in [0.1, 0.15) is 12.0 Å². The molecule has 36 heavy (non-hydrogen) atoms. The second kappa shape index (κ2) is 10.9. The van der Waals surface area contributed by atoms with Crippen molar-refractivity contribution in [1.29, 1.82) is 0 Å². The van der Waals surface area contributed by atoms with Crippen LogP contribution < -0.4 is 10.2 Å². The molecule has 0 saturated carbocycles. The summed E-state index contributed by atoms with van der Waals surface area (Å²) in [5.74, 6) is 1.45. The summed E-state index contributed by atoms with van der Waals surface area (Å²) in [5, 5.41) is 11.8. The summed E-state index contributed by atoms with van der Waals surface area (Å²) in [6, 6.07) is 10.1. The quantitative estimate of drug-likeness (QED) is 0.454. The van der Waals surface area contributed by atoms with Gasteiger partial charge in [0.2, 0.25) is 5.90 Å². The van der Waals surface area contributed by atoms with E-state index in [1.54, 1.807) is 12.5 Å². The lowest BCUT2D eigenvalue weighted by molar-refractivity contribution is 0.211. The van der Waals surface area contributed by atoms with Gasteiger partial charge in [-0.25, -0.2) is 0 Å². The first kappa shape index (κ1) is 23.3. The van der Waals surface area contributed by atoms with Crippen LogP contribution in [0.5, 0.6) is 0 Å². The Morgan fingerprint density at radius 3 is 2.92 bits per heavy atom. The van der Waals surface area contributed by atoms with Crippen LogP contribution in [-0.4, -0.2) is 41.8 Å². The third-order valence-electron chi connectivity index (χ3n) is 5.76. The highest BCUT2D eigenvalue weighted by atomic mass is 16.6. The molecule has 0 fully saturated rings. The van der Waals surface area contributed by atoms with Crippen molar-refractivity contribution in [3.8, 4) is 11.5 Å². The Kier molecular flexibility index (Phi) is 7.07. The maximum Gasteiger partial charge on any atom is 0.345 e. The Morgan fingerprint density at radius 2 is 2.11 bits per heavy atom. The molecule has 0 atom stereocenters. The minimum absolute atomic E-state index is 0.111. The van der Waals surface area contributed by atoms with Gasteiger partial charge in [-0.05, 0) is 42.7 Å². The molecule has 1 aliphatic carbocycles. The molecular weight excluding hydrogens is 456 g/mol. The molecule has 0 unspecified atom stereocenters. The van der Waals surface area contributed by atoms with Crippen molar-refractivity contribution in [3.05, 3.63) is 84.1 Å². The van der Waals surface area contributed by atoms with E-state index in [1.165, 1.54) is 5.57 Å². The number of hydrogen-bond acceptors (Lipinski definition) is 9. The average Bonchev–Trinajstić information content (AvgIpc) is 3.37. The molecule has 0 amide bonds. The van der Waals surface area contributed by atoms with Crippen LogP contribution in [0.15, 0.2) is 88.0 Å². The van der Waals surface area contributed by atoms with Crippen molar-refractivity contribution < 1.29 is 13.9 Å². The number of nitrogens with zero attached hydrogens (tertiary/aromatic N) is 5. The van der Waals surface area contributed by atoms with Gasteiger partial charge in [0, 0.05) is 50.8 Å². The molecule has 2 aliphatic rings. The zero-order chi connectivity index (χ0) is 24.7. The van der Waals surface area contributed by atoms with Gasteiger partial charge in [-0.3, -0.25) is 4.98 Å². The predicted octanol–water partition coefficient (Wildman–Crippen LogP) is 5.39. The lowest BCUT2D eigenvalue weighted by Gasteiger charge is -2.18. The second-order valence-electron chi connectivity index (χ2n) is 8.70. The zero-order valence-electron chi connectivity index (χ0n) is 20.3. The highest BCUT2D eigenvalue weighted by Gasteiger charge is 2.18. The van der Waals surface area contributed by atoms with Gasteiger partial charge in [0.15, 0.2) is 6.61 Å². The van der Waals surface area contributed by atoms with Gasteiger partial charge in [-0.15, -0.1) is 5.10 Å². The SMILES string of the molecule is CN(C)c1ccc(-c2nnc(N=C3COC=C(CC4=CC=CCC4)O3)o2)c(NCc2cccnc2)c1. The topological polar surface area (TPSA) is 97.9 Å². The number of aliphatic imine (C=N–C) groups is 1. The van der Waals surface area contributed by atoms with Gasteiger partial charge in [0.05, 0.1) is 5.56 Å². The number of benzene rings is 1. The van der Waals surface area contributed by atoms with E-state index >= 15 is 0 Å². The summed E-state index contributed by atoms with van der Waals surface area (Å²) in [6.45, 7) is 0.809. The predicted molar refractivity (Wildman–Crippen MR) is 139 cm³/mol. The van der Waals surface area contributed by atoms with Crippen LogP contribution in [-0.2, 0) is 16.0 Å².